The van der Waals surface area contributed by atoms with Crippen molar-refractivity contribution in [3.63, 3.8) is 0 Å². The molecule has 1 aromatic rings. The molecule has 0 spiro atoms. The summed E-state index contributed by atoms with van der Waals surface area (Å²) >= 11 is 0. The quantitative estimate of drug-likeness (QED) is 0.180. The van der Waals surface area contributed by atoms with Gasteiger partial charge in [-0.2, -0.15) is 0 Å². The lowest BCUT2D eigenvalue weighted by Gasteiger charge is -2.49. The third kappa shape index (κ3) is 5.35. The van der Waals surface area contributed by atoms with Gasteiger partial charge >= 0.3 is 23.9 Å². The Hall–Kier alpha value is -3.36. The molecule has 0 aliphatic carbocycles. The third-order valence-corrected chi connectivity index (χ3v) is 7.57. The molecule has 3 N–H and O–H groups in total. The maximum absolute atomic E-state index is 13.1. The van der Waals surface area contributed by atoms with E-state index in [2.05, 4.69) is 11.3 Å². The summed E-state index contributed by atoms with van der Waals surface area (Å²) in [5, 5.41) is 33.8. The predicted molar refractivity (Wildman–Crippen MR) is 138 cm³/mol. The molecule has 2 saturated heterocycles. The highest BCUT2D eigenvalue weighted by Gasteiger charge is 2.85. The lowest BCUT2D eigenvalue weighted by Crippen LogP contribution is -2.78. The van der Waals surface area contributed by atoms with Gasteiger partial charge in [-0.15, -0.1) is 0 Å². The molecule has 0 amide bonds. The summed E-state index contributed by atoms with van der Waals surface area (Å²) in [6.45, 7) is 7.16. The van der Waals surface area contributed by atoms with E-state index in [4.69, 9.17) is 23.7 Å². The van der Waals surface area contributed by atoms with Crippen LogP contribution < -0.4 is 0 Å². The van der Waals surface area contributed by atoms with Gasteiger partial charge in [-0.05, 0) is 24.0 Å². The fourth-order valence-corrected chi connectivity index (χ4v) is 5.55. The average molecular weight is 581 g/mol. The number of rotatable bonds is 11. The largest absolute Gasteiger partial charge is 0.467 e. The number of carbonyl (C=O) groups is 4. The number of methoxy groups -OCH3 is 3. The van der Waals surface area contributed by atoms with Crippen molar-refractivity contribution in [2.75, 3.05) is 21.3 Å². The number of benzene rings is 1. The van der Waals surface area contributed by atoms with Gasteiger partial charge in [-0.3, -0.25) is 4.79 Å². The number of aliphatic hydroxyl groups excluding tert-OH is 2. The zero-order valence-electron chi connectivity index (χ0n) is 23.5. The smallest absolute Gasteiger partial charge is 0.345 e. The number of fused-ring (bicyclic) bond motifs is 2. The summed E-state index contributed by atoms with van der Waals surface area (Å²) < 4.78 is 31.1. The first-order valence-electron chi connectivity index (χ1n) is 12.9. The Balaban J connectivity index is 1.99. The van der Waals surface area contributed by atoms with Crippen LogP contribution in [0.15, 0.2) is 42.5 Å². The summed E-state index contributed by atoms with van der Waals surface area (Å²) in [5.74, 6) is -7.56. The molecule has 2 aliphatic rings. The molecule has 2 heterocycles. The van der Waals surface area contributed by atoms with E-state index in [1.807, 2.05) is 37.3 Å². The topological polar surface area (TPSA) is 184 Å². The van der Waals surface area contributed by atoms with Gasteiger partial charge in [0, 0.05) is 19.3 Å². The van der Waals surface area contributed by atoms with E-state index in [1.165, 1.54) is 6.92 Å². The zero-order chi connectivity index (χ0) is 30.8. The molecule has 2 fully saturated rings. The molecule has 2 bridgehead atoms. The molecule has 2 aliphatic heterocycles. The summed E-state index contributed by atoms with van der Waals surface area (Å²) in [4.78, 5) is 50.7. The van der Waals surface area contributed by atoms with Crippen LogP contribution >= 0.6 is 0 Å². The number of carbonyl (C=O) groups excluding carboxylic acids is 4. The van der Waals surface area contributed by atoms with Gasteiger partial charge in [-0.25, -0.2) is 14.4 Å². The summed E-state index contributed by atoms with van der Waals surface area (Å²) in [6, 6.07) is 9.47. The van der Waals surface area contributed by atoms with Crippen LogP contribution in [0.4, 0.5) is 0 Å². The molecule has 0 radical (unpaired) electrons. The van der Waals surface area contributed by atoms with E-state index in [9.17, 15) is 34.5 Å². The molecule has 1 aromatic carbocycles. The zero-order valence-corrected chi connectivity index (χ0v) is 23.5. The van der Waals surface area contributed by atoms with Gasteiger partial charge in [-0.1, -0.05) is 43.8 Å². The van der Waals surface area contributed by atoms with Gasteiger partial charge in [0.15, 0.2) is 5.79 Å². The maximum atomic E-state index is 13.1. The monoisotopic (exact) mass is 580 g/mol. The van der Waals surface area contributed by atoms with Crippen LogP contribution in [0.1, 0.15) is 32.3 Å². The van der Waals surface area contributed by atoms with Crippen LogP contribution in [0, 0.1) is 5.92 Å². The highest BCUT2D eigenvalue weighted by Crippen LogP contribution is 2.55. The second-order valence-corrected chi connectivity index (χ2v) is 10.2. The van der Waals surface area contributed by atoms with Gasteiger partial charge in [0.25, 0.3) is 0 Å². The highest BCUT2D eigenvalue weighted by molar-refractivity contribution is 5.99. The fraction of sp³-hybridized carbons (Fsp3) is 0.571. The van der Waals surface area contributed by atoms with Crippen molar-refractivity contribution >= 4 is 23.9 Å². The first-order chi connectivity index (χ1) is 19.2. The van der Waals surface area contributed by atoms with Gasteiger partial charge in [0.2, 0.25) is 17.3 Å². The summed E-state index contributed by atoms with van der Waals surface area (Å²) in [6.07, 6.45) is -7.44. The van der Waals surface area contributed by atoms with E-state index >= 15 is 0 Å². The minimum atomic E-state index is -3.33. The number of aliphatic hydroxyl groups is 3. The van der Waals surface area contributed by atoms with E-state index in [1.54, 1.807) is 0 Å². The molecular formula is C28H36O13. The predicted octanol–water partition coefficient (Wildman–Crippen LogP) is -0.0307. The van der Waals surface area contributed by atoms with Crippen LogP contribution in [-0.2, 0) is 54.0 Å². The first-order valence-corrected chi connectivity index (χ1v) is 12.9. The lowest BCUT2D eigenvalue weighted by atomic mass is 9.74. The standard InChI is InChI=1S/C28H36O13/c1-15(19(39-17(3)29)16(2)14-18-10-8-7-9-11-18)12-13-26-20(30)21(31)28(41-26,25(34)38-6)27(35,24(33)37-5)22(40-26)23(32)36-4/h7-11,16,19-22,30-31,35H,1,12-14H2,2-6H3/t16?,19?,20-,21-,22-,26+,27-,28+/m1/s1. The molecule has 3 rings (SSSR count). The SMILES string of the molecule is C=C(CC[C@]12O[C@H](C(=O)OC)[C@@](O)(C(=O)OC)[C@](C(=O)OC)(O1)[C@H](O)[C@H]2O)C(OC(C)=O)C(C)Cc1ccccc1. The fourth-order valence-electron chi connectivity index (χ4n) is 5.55. The normalized spacial score (nSPS) is 31.9. The molecule has 41 heavy (non-hydrogen) atoms. The molecular weight excluding hydrogens is 544 g/mol. The number of hydrogen-bond acceptors (Lipinski definition) is 13. The van der Waals surface area contributed by atoms with Crippen molar-refractivity contribution < 1.29 is 62.9 Å². The number of esters is 4. The lowest BCUT2D eigenvalue weighted by molar-refractivity contribution is -0.374. The van der Waals surface area contributed by atoms with Crippen LogP contribution in [0.2, 0.25) is 0 Å². The number of ether oxygens (including phenoxy) is 6. The Kier molecular flexibility index (Phi) is 9.61. The number of hydrogen-bond donors (Lipinski definition) is 3. The molecule has 0 saturated carbocycles. The Morgan fingerprint density at radius 3 is 2.15 bits per heavy atom. The van der Waals surface area contributed by atoms with E-state index in [0.29, 0.717) is 12.0 Å². The van der Waals surface area contributed by atoms with Crippen LogP contribution in [0.5, 0.6) is 0 Å². The Morgan fingerprint density at radius 2 is 1.61 bits per heavy atom. The second-order valence-electron chi connectivity index (χ2n) is 10.2. The van der Waals surface area contributed by atoms with Crippen molar-refractivity contribution in [2.45, 2.75) is 74.5 Å². The van der Waals surface area contributed by atoms with Crippen LogP contribution in [-0.4, -0.2) is 102 Å². The minimum absolute atomic E-state index is 0.0807. The third-order valence-electron chi connectivity index (χ3n) is 7.57. The molecule has 13 heteroatoms. The van der Waals surface area contributed by atoms with Crippen molar-refractivity contribution in [3.05, 3.63) is 48.0 Å². The van der Waals surface area contributed by atoms with Crippen LogP contribution in [0.3, 0.4) is 0 Å². The average Bonchev–Trinajstić information content (AvgIpc) is 3.16. The summed E-state index contributed by atoms with van der Waals surface area (Å²) in [5.41, 5.74) is -5.03. The van der Waals surface area contributed by atoms with E-state index in [0.717, 1.165) is 26.9 Å². The Morgan fingerprint density at radius 1 is 1.00 bits per heavy atom. The van der Waals surface area contributed by atoms with Crippen molar-refractivity contribution in [1.29, 1.82) is 0 Å². The maximum Gasteiger partial charge on any atom is 0.345 e. The van der Waals surface area contributed by atoms with Gasteiger partial charge < -0.3 is 43.7 Å². The Bertz CT molecular complexity index is 1170. The van der Waals surface area contributed by atoms with Crippen LogP contribution in [0.25, 0.3) is 0 Å². The van der Waals surface area contributed by atoms with Crippen molar-refractivity contribution in [1.82, 2.24) is 0 Å². The molecule has 226 valence electrons. The molecule has 0 aromatic heterocycles. The summed E-state index contributed by atoms with van der Waals surface area (Å²) in [7, 11) is 2.68. The van der Waals surface area contributed by atoms with Crippen molar-refractivity contribution in [2.24, 2.45) is 5.92 Å². The second kappa shape index (κ2) is 12.2. The van der Waals surface area contributed by atoms with E-state index in [-0.39, 0.29) is 18.8 Å². The minimum Gasteiger partial charge on any atom is -0.467 e. The van der Waals surface area contributed by atoms with Gasteiger partial charge in [0.1, 0.15) is 18.3 Å². The molecule has 8 atom stereocenters. The van der Waals surface area contributed by atoms with Gasteiger partial charge in [0.05, 0.1) is 21.3 Å². The molecule has 13 nitrogen and oxygen atoms in total. The van der Waals surface area contributed by atoms with Crippen molar-refractivity contribution in [3.8, 4) is 0 Å². The first kappa shape index (κ1) is 32.2. The highest BCUT2D eigenvalue weighted by atomic mass is 16.8. The van der Waals surface area contributed by atoms with E-state index < -0.39 is 65.3 Å². The Labute approximate surface area is 236 Å². The molecule has 2 unspecified atom stereocenters.